The van der Waals surface area contributed by atoms with Crippen LogP contribution in [-0.4, -0.2) is 25.4 Å². The monoisotopic (exact) mass is 245 g/mol. The van der Waals surface area contributed by atoms with E-state index in [4.69, 9.17) is 26.8 Å². The highest BCUT2D eigenvalue weighted by atomic mass is 35.5. The van der Waals surface area contributed by atoms with Crippen molar-refractivity contribution in [2.45, 2.75) is 19.4 Å². The second-order valence-electron chi connectivity index (χ2n) is 3.62. The number of aromatic hydroxyl groups is 1. The van der Waals surface area contributed by atoms with Crippen LogP contribution in [0.15, 0.2) is 6.07 Å². The first-order chi connectivity index (χ1) is 7.51. The lowest BCUT2D eigenvalue weighted by molar-refractivity contribution is 0.350. The lowest BCUT2D eigenvalue weighted by atomic mass is 10.1. The summed E-state index contributed by atoms with van der Waals surface area (Å²) in [6.45, 7) is 1.85. The zero-order valence-corrected chi connectivity index (χ0v) is 10.3. The molecule has 5 heteroatoms. The molecule has 0 radical (unpaired) electrons. The third-order valence-corrected chi connectivity index (χ3v) is 2.56. The maximum absolute atomic E-state index is 9.86. The minimum absolute atomic E-state index is 0.00313. The zero-order chi connectivity index (χ0) is 12.3. The van der Waals surface area contributed by atoms with Crippen molar-refractivity contribution in [2.75, 3.05) is 14.2 Å². The van der Waals surface area contributed by atoms with Gasteiger partial charge < -0.3 is 20.3 Å². The van der Waals surface area contributed by atoms with Gasteiger partial charge in [-0.3, -0.25) is 0 Å². The van der Waals surface area contributed by atoms with Gasteiger partial charge in [-0.05, 0) is 19.4 Å². The van der Waals surface area contributed by atoms with Gasteiger partial charge in [-0.2, -0.15) is 0 Å². The lowest BCUT2D eigenvalue weighted by Crippen LogP contribution is -2.18. The molecule has 0 saturated heterocycles. The van der Waals surface area contributed by atoms with E-state index in [2.05, 4.69) is 0 Å². The number of nitrogens with two attached hydrogens (primary N) is 1. The van der Waals surface area contributed by atoms with Crippen LogP contribution in [0.5, 0.6) is 17.2 Å². The van der Waals surface area contributed by atoms with Crippen molar-refractivity contribution in [1.82, 2.24) is 0 Å². The average molecular weight is 246 g/mol. The topological polar surface area (TPSA) is 64.7 Å². The molecule has 1 unspecified atom stereocenters. The van der Waals surface area contributed by atoms with E-state index in [-0.39, 0.29) is 16.8 Å². The van der Waals surface area contributed by atoms with E-state index in [0.29, 0.717) is 23.5 Å². The van der Waals surface area contributed by atoms with Crippen LogP contribution in [0.25, 0.3) is 0 Å². The summed E-state index contributed by atoms with van der Waals surface area (Å²) in [7, 11) is 2.98. The smallest absolute Gasteiger partial charge is 0.183 e. The van der Waals surface area contributed by atoms with Gasteiger partial charge in [0.15, 0.2) is 11.5 Å². The SMILES string of the molecule is COc1cc(CC(C)N)c(O)c(Cl)c1OC. The highest BCUT2D eigenvalue weighted by Gasteiger charge is 2.18. The summed E-state index contributed by atoms with van der Waals surface area (Å²) >= 11 is 5.97. The van der Waals surface area contributed by atoms with Crippen LogP contribution in [0.2, 0.25) is 5.02 Å². The molecule has 1 aromatic carbocycles. The van der Waals surface area contributed by atoms with E-state index in [1.807, 2.05) is 6.92 Å². The third-order valence-electron chi connectivity index (χ3n) is 2.21. The molecule has 0 spiro atoms. The molecule has 0 bridgehead atoms. The highest BCUT2D eigenvalue weighted by molar-refractivity contribution is 6.33. The summed E-state index contributed by atoms with van der Waals surface area (Å²) in [5, 5.41) is 10.0. The largest absolute Gasteiger partial charge is 0.506 e. The molecule has 1 aromatic rings. The molecule has 0 saturated carbocycles. The number of hydrogen-bond acceptors (Lipinski definition) is 4. The summed E-state index contributed by atoms with van der Waals surface area (Å²) in [5.41, 5.74) is 6.33. The summed E-state index contributed by atoms with van der Waals surface area (Å²) in [6.07, 6.45) is 0.520. The number of methoxy groups -OCH3 is 2. The molecule has 0 heterocycles. The van der Waals surface area contributed by atoms with Gasteiger partial charge in [-0.15, -0.1) is 0 Å². The number of halogens is 1. The van der Waals surface area contributed by atoms with Crippen molar-refractivity contribution in [2.24, 2.45) is 5.73 Å². The molecule has 4 nitrogen and oxygen atoms in total. The standard InChI is InChI=1S/C11H16ClNO3/c1-6(13)4-7-5-8(15-2)11(16-3)9(12)10(7)14/h5-6,14H,4,13H2,1-3H3. The number of phenols is 1. The van der Waals surface area contributed by atoms with Gasteiger partial charge in [0.1, 0.15) is 10.8 Å². The Morgan fingerprint density at radius 3 is 2.50 bits per heavy atom. The molecule has 0 fully saturated rings. The molecule has 90 valence electrons. The number of hydrogen-bond donors (Lipinski definition) is 2. The van der Waals surface area contributed by atoms with Crippen molar-refractivity contribution >= 4 is 11.6 Å². The number of benzene rings is 1. The van der Waals surface area contributed by atoms with Crippen molar-refractivity contribution in [3.8, 4) is 17.2 Å². The van der Waals surface area contributed by atoms with Crippen LogP contribution in [0, 0.1) is 0 Å². The van der Waals surface area contributed by atoms with E-state index >= 15 is 0 Å². The van der Waals surface area contributed by atoms with Gasteiger partial charge in [0.25, 0.3) is 0 Å². The Labute approximate surface area is 99.9 Å². The second kappa shape index (κ2) is 5.27. The van der Waals surface area contributed by atoms with E-state index in [1.165, 1.54) is 14.2 Å². The molecule has 0 aliphatic rings. The highest BCUT2D eigenvalue weighted by Crippen LogP contribution is 2.43. The first kappa shape index (κ1) is 12.9. The van der Waals surface area contributed by atoms with E-state index in [0.717, 1.165) is 0 Å². The molecule has 0 aliphatic heterocycles. The van der Waals surface area contributed by atoms with E-state index < -0.39 is 0 Å². The number of ether oxygens (including phenoxy) is 2. The fourth-order valence-corrected chi connectivity index (χ4v) is 1.78. The van der Waals surface area contributed by atoms with Gasteiger partial charge in [0, 0.05) is 11.6 Å². The Bertz CT molecular complexity index is 380. The van der Waals surface area contributed by atoms with Gasteiger partial charge >= 0.3 is 0 Å². The molecule has 1 atom stereocenters. The first-order valence-electron chi connectivity index (χ1n) is 4.89. The number of phenolic OH excluding ortho intramolecular Hbond substituents is 1. The fraction of sp³-hybridized carbons (Fsp3) is 0.455. The predicted molar refractivity (Wildman–Crippen MR) is 63.6 cm³/mol. The van der Waals surface area contributed by atoms with Crippen molar-refractivity contribution < 1.29 is 14.6 Å². The van der Waals surface area contributed by atoms with Crippen molar-refractivity contribution in [3.63, 3.8) is 0 Å². The minimum atomic E-state index is -0.0694. The molecule has 3 N–H and O–H groups in total. The van der Waals surface area contributed by atoms with Gasteiger partial charge in [0.05, 0.1) is 14.2 Å². The van der Waals surface area contributed by atoms with Crippen LogP contribution in [0.4, 0.5) is 0 Å². The van der Waals surface area contributed by atoms with Crippen LogP contribution in [0.1, 0.15) is 12.5 Å². The van der Waals surface area contributed by atoms with Crippen LogP contribution >= 0.6 is 11.6 Å². The quantitative estimate of drug-likeness (QED) is 0.851. The Hall–Kier alpha value is -1.13. The Morgan fingerprint density at radius 1 is 1.44 bits per heavy atom. The number of rotatable bonds is 4. The Kier molecular flexibility index (Phi) is 4.26. The zero-order valence-electron chi connectivity index (χ0n) is 9.58. The summed E-state index contributed by atoms with van der Waals surface area (Å²) in [6, 6.07) is 1.61. The molecule has 0 aliphatic carbocycles. The molecule has 0 amide bonds. The molecule has 1 rings (SSSR count). The summed E-state index contributed by atoms with van der Waals surface area (Å²) < 4.78 is 10.2. The summed E-state index contributed by atoms with van der Waals surface area (Å²) in [5.74, 6) is 0.813. The molecule has 16 heavy (non-hydrogen) atoms. The van der Waals surface area contributed by atoms with E-state index in [9.17, 15) is 5.11 Å². The molecule has 0 aromatic heterocycles. The van der Waals surface area contributed by atoms with Crippen LogP contribution in [-0.2, 0) is 6.42 Å². The average Bonchev–Trinajstić information content (AvgIpc) is 2.24. The third kappa shape index (κ3) is 2.51. The normalized spacial score (nSPS) is 12.3. The van der Waals surface area contributed by atoms with E-state index in [1.54, 1.807) is 6.07 Å². The van der Waals surface area contributed by atoms with Crippen LogP contribution in [0.3, 0.4) is 0 Å². The summed E-state index contributed by atoms with van der Waals surface area (Å²) in [4.78, 5) is 0. The van der Waals surface area contributed by atoms with Gasteiger partial charge in [-0.1, -0.05) is 11.6 Å². The van der Waals surface area contributed by atoms with Gasteiger partial charge in [0.2, 0.25) is 0 Å². The van der Waals surface area contributed by atoms with Crippen LogP contribution < -0.4 is 15.2 Å². The Balaban J connectivity index is 3.27. The Morgan fingerprint density at radius 2 is 2.06 bits per heavy atom. The minimum Gasteiger partial charge on any atom is -0.506 e. The lowest BCUT2D eigenvalue weighted by Gasteiger charge is -2.15. The van der Waals surface area contributed by atoms with Crippen molar-refractivity contribution in [3.05, 3.63) is 16.7 Å². The molecular weight excluding hydrogens is 230 g/mol. The second-order valence-corrected chi connectivity index (χ2v) is 3.99. The van der Waals surface area contributed by atoms with Gasteiger partial charge in [-0.25, -0.2) is 0 Å². The predicted octanol–water partition coefficient (Wildman–Crippen LogP) is 1.95. The first-order valence-corrected chi connectivity index (χ1v) is 5.27. The maximum Gasteiger partial charge on any atom is 0.183 e. The maximum atomic E-state index is 9.86. The van der Waals surface area contributed by atoms with Crippen molar-refractivity contribution in [1.29, 1.82) is 0 Å². The molecular formula is C11H16ClNO3. The fourth-order valence-electron chi connectivity index (χ4n) is 1.49.